The van der Waals surface area contributed by atoms with Crippen LogP contribution in [0.15, 0.2) is 12.1 Å². The number of halogens is 3. The summed E-state index contributed by atoms with van der Waals surface area (Å²) in [5.41, 5.74) is -2.18. The highest BCUT2D eigenvalue weighted by Gasteiger charge is 2.36. The van der Waals surface area contributed by atoms with Gasteiger partial charge in [-0.3, -0.25) is 4.40 Å². The van der Waals surface area contributed by atoms with Crippen LogP contribution in [0.25, 0.3) is 5.65 Å². The van der Waals surface area contributed by atoms with Gasteiger partial charge in [-0.25, -0.2) is 13.2 Å². The molecule has 0 aliphatic rings. The van der Waals surface area contributed by atoms with Crippen molar-refractivity contribution in [3.05, 3.63) is 29.2 Å². The molecule has 0 aliphatic heterocycles. The molecule has 0 fully saturated rings. The number of carboxylic acid groups (broad SMARTS) is 1. The topological polar surface area (TPSA) is 105 Å². The predicted octanol–water partition coefficient (Wildman–Crippen LogP) is 0.838. The first-order chi connectivity index (χ1) is 10.4. The van der Waals surface area contributed by atoms with Gasteiger partial charge < -0.3 is 5.11 Å². The summed E-state index contributed by atoms with van der Waals surface area (Å²) in [7, 11) is -2.51. The number of hydrogen-bond donors (Lipinski definition) is 1. The molecule has 0 saturated heterocycles. The summed E-state index contributed by atoms with van der Waals surface area (Å²) < 4.78 is 63.5. The summed E-state index contributed by atoms with van der Waals surface area (Å²) in [5.74, 6) is -1.82. The van der Waals surface area contributed by atoms with Crippen molar-refractivity contribution in [2.75, 3.05) is 13.3 Å². The van der Waals surface area contributed by atoms with E-state index in [9.17, 15) is 26.4 Å². The molecule has 0 aliphatic carbocycles. The molecule has 0 aromatic carbocycles. The zero-order valence-electron chi connectivity index (χ0n) is 11.9. The molecular formula is C11H11F3N4O4S. The first-order valence-corrected chi connectivity index (χ1v) is 7.86. The fourth-order valence-electron chi connectivity index (χ4n) is 1.86. The molecule has 2 aromatic heterocycles. The summed E-state index contributed by atoms with van der Waals surface area (Å²) >= 11 is 0. The summed E-state index contributed by atoms with van der Waals surface area (Å²) in [5, 5.41) is 16.0. The Bertz CT molecular complexity index is 875. The SMILES string of the molecule is CN(Cc1nnc2c(C(=O)O)ccc(C(F)(F)F)n12)S(C)(=O)=O. The molecule has 1 N–H and O–H groups in total. The van der Waals surface area contributed by atoms with E-state index in [0.717, 1.165) is 23.7 Å². The Hall–Kier alpha value is -2.21. The van der Waals surface area contributed by atoms with E-state index in [2.05, 4.69) is 10.2 Å². The van der Waals surface area contributed by atoms with Gasteiger partial charge in [0.2, 0.25) is 10.0 Å². The Kier molecular flexibility index (Phi) is 4.07. The maximum absolute atomic E-state index is 13.1. The Morgan fingerprint density at radius 2 is 1.96 bits per heavy atom. The number of fused-ring (bicyclic) bond motifs is 1. The van der Waals surface area contributed by atoms with E-state index in [1.54, 1.807) is 0 Å². The van der Waals surface area contributed by atoms with Crippen LogP contribution in [-0.2, 0) is 22.7 Å². The maximum atomic E-state index is 13.1. The van der Waals surface area contributed by atoms with Crippen LogP contribution in [-0.4, -0.2) is 51.7 Å². The number of sulfonamides is 1. The van der Waals surface area contributed by atoms with Gasteiger partial charge in [0.05, 0.1) is 12.8 Å². The highest BCUT2D eigenvalue weighted by atomic mass is 32.2. The molecule has 8 nitrogen and oxygen atoms in total. The number of alkyl halides is 3. The van der Waals surface area contributed by atoms with Gasteiger partial charge in [-0.1, -0.05) is 0 Å². The maximum Gasteiger partial charge on any atom is 0.431 e. The Labute approximate surface area is 128 Å². The first kappa shape index (κ1) is 17.1. The molecule has 0 bridgehead atoms. The summed E-state index contributed by atoms with van der Waals surface area (Å²) in [4.78, 5) is 11.1. The molecule has 126 valence electrons. The minimum Gasteiger partial charge on any atom is -0.478 e. The second-order valence-electron chi connectivity index (χ2n) is 4.73. The van der Waals surface area contributed by atoms with Crippen LogP contribution in [0.3, 0.4) is 0 Å². The van der Waals surface area contributed by atoms with Crippen molar-refractivity contribution >= 4 is 21.6 Å². The van der Waals surface area contributed by atoms with Crippen molar-refractivity contribution in [3.63, 3.8) is 0 Å². The van der Waals surface area contributed by atoms with Crippen molar-refractivity contribution < 1.29 is 31.5 Å². The monoisotopic (exact) mass is 352 g/mol. The van der Waals surface area contributed by atoms with Gasteiger partial charge in [0, 0.05) is 7.05 Å². The smallest absolute Gasteiger partial charge is 0.431 e. The molecule has 0 radical (unpaired) electrons. The Balaban J connectivity index is 2.72. The third-order valence-corrected chi connectivity index (χ3v) is 4.33. The third-order valence-electron chi connectivity index (χ3n) is 3.07. The van der Waals surface area contributed by atoms with E-state index >= 15 is 0 Å². The molecule has 2 heterocycles. The van der Waals surface area contributed by atoms with Gasteiger partial charge in [-0.2, -0.15) is 17.5 Å². The van der Waals surface area contributed by atoms with Gasteiger partial charge in [-0.05, 0) is 12.1 Å². The quantitative estimate of drug-likeness (QED) is 0.874. The van der Waals surface area contributed by atoms with Crippen LogP contribution in [0.1, 0.15) is 21.9 Å². The number of nitrogens with zero attached hydrogens (tertiary/aromatic N) is 4. The highest BCUT2D eigenvalue weighted by Crippen LogP contribution is 2.31. The Morgan fingerprint density at radius 1 is 1.35 bits per heavy atom. The van der Waals surface area contributed by atoms with Crippen molar-refractivity contribution in [1.29, 1.82) is 0 Å². The van der Waals surface area contributed by atoms with Crippen LogP contribution in [0.2, 0.25) is 0 Å². The van der Waals surface area contributed by atoms with Gasteiger partial charge in [0.1, 0.15) is 11.3 Å². The molecule has 0 spiro atoms. The molecule has 23 heavy (non-hydrogen) atoms. The molecule has 0 unspecified atom stereocenters. The number of carboxylic acids is 1. The lowest BCUT2D eigenvalue weighted by atomic mass is 10.2. The lowest BCUT2D eigenvalue weighted by Gasteiger charge is -2.15. The largest absolute Gasteiger partial charge is 0.478 e. The minimum atomic E-state index is -4.80. The lowest BCUT2D eigenvalue weighted by Crippen LogP contribution is -2.27. The molecular weight excluding hydrogens is 341 g/mol. The van der Waals surface area contributed by atoms with E-state index in [1.807, 2.05) is 0 Å². The second kappa shape index (κ2) is 5.45. The number of pyridine rings is 1. The summed E-state index contributed by atoms with van der Waals surface area (Å²) in [6.07, 6.45) is -3.92. The molecule has 12 heteroatoms. The fraction of sp³-hybridized carbons (Fsp3) is 0.364. The number of aromatic nitrogens is 3. The average Bonchev–Trinajstić information content (AvgIpc) is 2.79. The molecule has 0 saturated carbocycles. The number of aromatic carboxylic acids is 1. The zero-order valence-corrected chi connectivity index (χ0v) is 12.7. The molecule has 2 aromatic rings. The predicted molar refractivity (Wildman–Crippen MR) is 71.3 cm³/mol. The average molecular weight is 352 g/mol. The molecule has 0 atom stereocenters. The Morgan fingerprint density at radius 3 is 2.43 bits per heavy atom. The van der Waals surface area contributed by atoms with E-state index in [1.165, 1.54) is 0 Å². The van der Waals surface area contributed by atoms with Crippen molar-refractivity contribution in [2.24, 2.45) is 0 Å². The van der Waals surface area contributed by atoms with E-state index < -0.39 is 45.6 Å². The molecule has 2 rings (SSSR count). The lowest BCUT2D eigenvalue weighted by molar-refractivity contribution is -0.142. The van der Waals surface area contributed by atoms with E-state index in [4.69, 9.17) is 5.11 Å². The van der Waals surface area contributed by atoms with Crippen molar-refractivity contribution in [2.45, 2.75) is 12.7 Å². The summed E-state index contributed by atoms with van der Waals surface area (Å²) in [6, 6.07) is 1.36. The van der Waals surface area contributed by atoms with Crippen LogP contribution >= 0.6 is 0 Å². The van der Waals surface area contributed by atoms with E-state index in [0.29, 0.717) is 10.5 Å². The minimum absolute atomic E-state index is 0.344. The highest BCUT2D eigenvalue weighted by molar-refractivity contribution is 7.88. The number of carbonyl (C=O) groups is 1. The molecule has 0 amide bonds. The standard InChI is InChI=1S/C11H11F3N4O4S/c1-17(23(2,21)22)5-8-15-16-9-6(10(19)20)3-4-7(18(8)9)11(12,13)14/h3-4H,5H2,1-2H3,(H,19,20). The second-order valence-corrected chi connectivity index (χ2v) is 6.82. The zero-order chi connectivity index (χ0) is 17.6. The fourth-order valence-corrected chi connectivity index (χ4v) is 2.21. The van der Waals surface area contributed by atoms with Crippen LogP contribution in [0.4, 0.5) is 13.2 Å². The number of rotatable bonds is 4. The van der Waals surface area contributed by atoms with Gasteiger partial charge in [-0.15, -0.1) is 10.2 Å². The van der Waals surface area contributed by atoms with Crippen molar-refractivity contribution in [1.82, 2.24) is 18.9 Å². The third kappa shape index (κ3) is 3.27. The van der Waals surface area contributed by atoms with Crippen LogP contribution in [0.5, 0.6) is 0 Å². The van der Waals surface area contributed by atoms with E-state index in [-0.39, 0.29) is 5.82 Å². The van der Waals surface area contributed by atoms with Crippen molar-refractivity contribution in [3.8, 4) is 0 Å². The van der Waals surface area contributed by atoms with Gasteiger partial charge in [0.15, 0.2) is 11.5 Å². The number of hydrogen-bond acceptors (Lipinski definition) is 5. The van der Waals surface area contributed by atoms with Crippen LogP contribution < -0.4 is 0 Å². The van der Waals surface area contributed by atoms with Gasteiger partial charge >= 0.3 is 12.1 Å². The first-order valence-electron chi connectivity index (χ1n) is 6.01. The van der Waals surface area contributed by atoms with Gasteiger partial charge in [0.25, 0.3) is 0 Å². The summed E-state index contributed by atoms with van der Waals surface area (Å²) in [6.45, 7) is -0.494. The normalized spacial score (nSPS) is 13.0. The van der Waals surface area contributed by atoms with Crippen LogP contribution in [0, 0.1) is 0 Å².